The summed E-state index contributed by atoms with van der Waals surface area (Å²) in [5.74, 6) is 1.58. The summed E-state index contributed by atoms with van der Waals surface area (Å²) in [5, 5.41) is 0. The Bertz CT molecular complexity index is 268. The molecule has 0 aromatic rings. The molecule has 1 saturated heterocycles. The number of hydrogen-bond acceptors (Lipinski definition) is 2. The van der Waals surface area contributed by atoms with Crippen molar-refractivity contribution in [3.8, 4) is 0 Å². The molecule has 2 unspecified atom stereocenters. The first-order valence-corrected chi connectivity index (χ1v) is 6.46. The van der Waals surface area contributed by atoms with Crippen LogP contribution < -0.4 is 0 Å². The summed E-state index contributed by atoms with van der Waals surface area (Å²) in [5.41, 5.74) is 0.214. The fraction of sp³-hybridized carbons (Fsp3) is 0.923. The number of hydrogen-bond donors (Lipinski definition) is 0. The van der Waals surface area contributed by atoms with E-state index in [-0.39, 0.29) is 5.60 Å². The summed E-state index contributed by atoms with van der Waals surface area (Å²) in [7, 11) is 0. The molecular weight excluding hydrogens is 188 g/mol. The van der Waals surface area contributed by atoms with E-state index < -0.39 is 0 Å². The maximum absolute atomic E-state index is 11.8. The van der Waals surface area contributed by atoms with Crippen molar-refractivity contribution in [1.29, 1.82) is 0 Å². The van der Waals surface area contributed by atoms with Gasteiger partial charge in [0, 0.05) is 18.9 Å². The average Bonchev–Trinajstić information content (AvgIpc) is 2.62. The van der Waals surface area contributed by atoms with Gasteiger partial charge in [-0.3, -0.25) is 4.79 Å². The number of carbonyl (C=O) groups is 1. The first-order valence-electron chi connectivity index (χ1n) is 6.46. The minimum atomic E-state index is 0.214. The highest BCUT2D eigenvalue weighted by Crippen LogP contribution is 2.47. The van der Waals surface area contributed by atoms with E-state index in [0.717, 1.165) is 32.3 Å². The van der Waals surface area contributed by atoms with Crippen molar-refractivity contribution in [3.63, 3.8) is 0 Å². The Hall–Kier alpha value is -0.370. The number of ketones is 1. The summed E-state index contributed by atoms with van der Waals surface area (Å²) in [6.45, 7) is 0.897. The molecule has 3 rings (SSSR count). The summed E-state index contributed by atoms with van der Waals surface area (Å²) in [4.78, 5) is 11.8. The van der Waals surface area contributed by atoms with Crippen LogP contribution in [0.1, 0.15) is 51.4 Å². The van der Waals surface area contributed by atoms with E-state index in [0.29, 0.717) is 17.6 Å². The number of Topliss-reactive ketones (excluding diaryl/α,β-unsaturated/α-hetero) is 1. The average molecular weight is 208 g/mol. The highest BCUT2D eigenvalue weighted by atomic mass is 16.5. The van der Waals surface area contributed by atoms with Crippen molar-refractivity contribution >= 4 is 5.78 Å². The molecular formula is C13H20O2. The van der Waals surface area contributed by atoms with Gasteiger partial charge in [-0.2, -0.15) is 0 Å². The quantitative estimate of drug-likeness (QED) is 0.662. The third kappa shape index (κ3) is 1.63. The van der Waals surface area contributed by atoms with E-state index in [1.807, 2.05) is 0 Å². The second-order valence-corrected chi connectivity index (χ2v) is 5.60. The van der Waals surface area contributed by atoms with Crippen LogP contribution in [-0.4, -0.2) is 18.0 Å². The van der Waals surface area contributed by atoms with Crippen LogP contribution in [0.5, 0.6) is 0 Å². The second-order valence-electron chi connectivity index (χ2n) is 5.60. The molecule has 0 amide bonds. The maximum Gasteiger partial charge on any atom is 0.136 e. The number of rotatable bonds is 1. The van der Waals surface area contributed by atoms with Gasteiger partial charge in [-0.05, 0) is 50.9 Å². The molecule has 2 nitrogen and oxygen atoms in total. The lowest BCUT2D eigenvalue weighted by molar-refractivity contribution is -0.153. The van der Waals surface area contributed by atoms with Crippen molar-refractivity contribution in [3.05, 3.63) is 0 Å². The predicted molar refractivity (Wildman–Crippen MR) is 57.6 cm³/mol. The summed E-state index contributed by atoms with van der Waals surface area (Å²) in [6, 6.07) is 0. The summed E-state index contributed by atoms with van der Waals surface area (Å²) >= 11 is 0. The van der Waals surface area contributed by atoms with E-state index in [4.69, 9.17) is 4.74 Å². The van der Waals surface area contributed by atoms with Crippen LogP contribution >= 0.6 is 0 Å². The lowest BCUT2D eigenvalue weighted by Gasteiger charge is -2.48. The van der Waals surface area contributed by atoms with Crippen LogP contribution in [0.25, 0.3) is 0 Å². The van der Waals surface area contributed by atoms with Crippen LogP contribution in [0.4, 0.5) is 0 Å². The highest BCUT2D eigenvalue weighted by molar-refractivity contribution is 5.83. The molecule has 0 aromatic heterocycles. The molecule has 2 atom stereocenters. The molecule has 0 radical (unpaired) electrons. The molecule has 2 heteroatoms. The largest absolute Gasteiger partial charge is 0.375 e. The van der Waals surface area contributed by atoms with Crippen molar-refractivity contribution in [1.82, 2.24) is 0 Å². The first-order chi connectivity index (χ1) is 7.29. The van der Waals surface area contributed by atoms with Gasteiger partial charge in [0.15, 0.2) is 0 Å². The molecule has 2 aliphatic carbocycles. The Morgan fingerprint density at radius 1 is 1.20 bits per heavy atom. The highest BCUT2D eigenvalue weighted by Gasteiger charge is 2.45. The Balaban J connectivity index is 1.68. The topological polar surface area (TPSA) is 26.3 Å². The van der Waals surface area contributed by atoms with E-state index in [9.17, 15) is 4.79 Å². The molecule has 84 valence electrons. The molecule has 1 aliphatic heterocycles. The van der Waals surface area contributed by atoms with Crippen LogP contribution in [0.2, 0.25) is 0 Å². The fourth-order valence-electron chi connectivity index (χ4n) is 3.67. The van der Waals surface area contributed by atoms with Crippen molar-refractivity contribution in [2.45, 2.75) is 57.0 Å². The summed E-state index contributed by atoms with van der Waals surface area (Å²) < 4.78 is 5.92. The van der Waals surface area contributed by atoms with E-state index in [1.165, 1.54) is 25.7 Å². The van der Waals surface area contributed by atoms with E-state index in [2.05, 4.69) is 0 Å². The molecule has 3 fully saturated rings. The predicted octanol–water partition coefficient (Wildman–Crippen LogP) is 2.70. The van der Waals surface area contributed by atoms with Crippen molar-refractivity contribution < 1.29 is 9.53 Å². The van der Waals surface area contributed by atoms with Gasteiger partial charge in [-0.15, -0.1) is 0 Å². The third-order valence-electron chi connectivity index (χ3n) is 4.72. The molecule has 0 N–H and O–H groups in total. The molecule has 1 spiro atoms. The molecule has 0 bridgehead atoms. The van der Waals surface area contributed by atoms with Crippen LogP contribution in [0, 0.1) is 11.8 Å². The van der Waals surface area contributed by atoms with Gasteiger partial charge < -0.3 is 4.74 Å². The first kappa shape index (κ1) is 9.83. The lowest BCUT2D eigenvalue weighted by Crippen LogP contribution is -2.47. The van der Waals surface area contributed by atoms with Crippen LogP contribution in [-0.2, 0) is 9.53 Å². The SMILES string of the molecule is O=C1CCCC1C1CCOC2(CCC2)C1. The van der Waals surface area contributed by atoms with Gasteiger partial charge >= 0.3 is 0 Å². The Morgan fingerprint density at radius 3 is 2.67 bits per heavy atom. The number of carbonyl (C=O) groups excluding carboxylic acids is 1. The zero-order valence-corrected chi connectivity index (χ0v) is 9.34. The molecule has 2 saturated carbocycles. The Labute approximate surface area is 91.4 Å². The maximum atomic E-state index is 11.8. The molecule has 3 aliphatic rings. The van der Waals surface area contributed by atoms with Crippen LogP contribution in [0.3, 0.4) is 0 Å². The normalized spacial score (nSPS) is 39.3. The standard InChI is InChI=1S/C13H20O2/c14-12-4-1-3-11(12)10-5-8-15-13(9-10)6-2-7-13/h10-11H,1-9H2. The second kappa shape index (κ2) is 3.58. The van der Waals surface area contributed by atoms with E-state index >= 15 is 0 Å². The molecule has 1 heterocycles. The third-order valence-corrected chi connectivity index (χ3v) is 4.72. The zero-order chi connectivity index (χ0) is 10.3. The van der Waals surface area contributed by atoms with Crippen molar-refractivity contribution in [2.24, 2.45) is 11.8 Å². The molecule has 15 heavy (non-hydrogen) atoms. The monoisotopic (exact) mass is 208 g/mol. The zero-order valence-electron chi connectivity index (χ0n) is 9.34. The lowest BCUT2D eigenvalue weighted by atomic mass is 9.68. The minimum absolute atomic E-state index is 0.214. The Kier molecular flexibility index (Phi) is 2.35. The van der Waals surface area contributed by atoms with Gasteiger partial charge in [0.1, 0.15) is 5.78 Å². The van der Waals surface area contributed by atoms with Crippen LogP contribution in [0.15, 0.2) is 0 Å². The van der Waals surface area contributed by atoms with Gasteiger partial charge in [-0.25, -0.2) is 0 Å². The summed E-state index contributed by atoms with van der Waals surface area (Å²) in [6.07, 6.45) is 9.23. The van der Waals surface area contributed by atoms with Gasteiger partial charge in [0.25, 0.3) is 0 Å². The minimum Gasteiger partial charge on any atom is -0.375 e. The van der Waals surface area contributed by atoms with Gasteiger partial charge in [-0.1, -0.05) is 0 Å². The fourth-order valence-corrected chi connectivity index (χ4v) is 3.67. The van der Waals surface area contributed by atoms with E-state index in [1.54, 1.807) is 0 Å². The van der Waals surface area contributed by atoms with Gasteiger partial charge in [0.2, 0.25) is 0 Å². The molecule has 0 aromatic carbocycles. The Morgan fingerprint density at radius 2 is 2.07 bits per heavy atom. The van der Waals surface area contributed by atoms with Crippen molar-refractivity contribution in [2.75, 3.05) is 6.61 Å². The smallest absolute Gasteiger partial charge is 0.136 e. The van der Waals surface area contributed by atoms with Gasteiger partial charge in [0.05, 0.1) is 5.60 Å². The number of ether oxygens (including phenoxy) is 1.